The third kappa shape index (κ3) is 1.90. The summed E-state index contributed by atoms with van der Waals surface area (Å²) in [5.74, 6) is -3.31. The van der Waals surface area contributed by atoms with E-state index in [0.29, 0.717) is 6.07 Å². The van der Waals surface area contributed by atoms with E-state index in [0.717, 1.165) is 12.1 Å². The molecule has 0 radical (unpaired) electrons. The van der Waals surface area contributed by atoms with Gasteiger partial charge in [-0.1, -0.05) is 6.58 Å². The summed E-state index contributed by atoms with van der Waals surface area (Å²) in [6.07, 6.45) is 0. The number of hydrogen-bond donors (Lipinski definition) is 0. The molecule has 0 spiro atoms. The van der Waals surface area contributed by atoms with Gasteiger partial charge in [0, 0.05) is 17.2 Å². The zero-order chi connectivity index (χ0) is 10.0. The largest absolute Gasteiger partial charge is 0.545 e. The Balaban J connectivity index is 3.16. The standard InChI is InChI=1S/C9H6F2O2/c1-5(9(12)13)7-3-2-6(10)4-8(7)11/h2-4H,1H2,(H,12,13)/p-1. The van der Waals surface area contributed by atoms with Crippen LogP contribution >= 0.6 is 0 Å². The highest BCUT2D eigenvalue weighted by Gasteiger charge is 2.07. The molecule has 0 heterocycles. The van der Waals surface area contributed by atoms with Crippen molar-refractivity contribution in [3.05, 3.63) is 42.0 Å². The van der Waals surface area contributed by atoms with Crippen LogP contribution in [-0.2, 0) is 4.79 Å². The maximum Gasteiger partial charge on any atom is 0.133 e. The minimum absolute atomic E-state index is 0.263. The predicted molar refractivity (Wildman–Crippen MR) is 40.4 cm³/mol. The molecule has 0 aliphatic carbocycles. The molecule has 68 valence electrons. The smallest absolute Gasteiger partial charge is 0.133 e. The summed E-state index contributed by atoms with van der Waals surface area (Å²) < 4.78 is 25.2. The third-order valence-corrected chi connectivity index (χ3v) is 1.50. The fourth-order valence-corrected chi connectivity index (χ4v) is 0.844. The Labute approximate surface area is 73.1 Å². The minimum Gasteiger partial charge on any atom is -0.545 e. The third-order valence-electron chi connectivity index (χ3n) is 1.50. The maximum atomic E-state index is 12.9. The summed E-state index contributed by atoms with van der Waals surface area (Å²) in [5, 5.41) is 10.3. The van der Waals surface area contributed by atoms with Crippen molar-refractivity contribution in [3.8, 4) is 0 Å². The van der Waals surface area contributed by atoms with E-state index in [4.69, 9.17) is 0 Å². The summed E-state index contributed by atoms with van der Waals surface area (Å²) >= 11 is 0. The van der Waals surface area contributed by atoms with Gasteiger partial charge in [0.1, 0.15) is 11.6 Å². The van der Waals surface area contributed by atoms with Crippen molar-refractivity contribution < 1.29 is 18.7 Å². The zero-order valence-corrected chi connectivity index (χ0v) is 6.51. The Morgan fingerprint density at radius 1 is 1.38 bits per heavy atom. The van der Waals surface area contributed by atoms with Gasteiger partial charge in [-0.15, -0.1) is 0 Å². The molecule has 1 aromatic rings. The predicted octanol–water partition coefficient (Wildman–Crippen LogP) is 0.728. The monoisotopic (exact) mass is 183 g/mol. The van der Waals surface area contributed by atoms with Crippen molar-refractivity contribution in [1.29, 1.82) is 0 Å². The van der Waals surface area contributed by atoms with E-state index in [9.17, 15) is 18.7 Å². The molecule has 0 unspecified atom stereocenters. The lowest BCUT2D eigenvalue weighted by Gasteiger charge is -2.07. The van der Waals surface area contributed by atoms with Crippen LogP contribution in [0, 0.1) is 11.6 Å². The summed E-state index contributed by atoms with van der Waals surface area (Å²) in [5.41, 5.74) is -0.765. The average Bonchev–Trinajstić information content (AvgIpc) is 2.03. The van der Waals surface area contributed by atoms with E-state index >= 15 is 0 Å². The second kappa shape index (κ2) is 3.35. The normalized spacial score (nSPS) is 9.69. The zero-order valence-electron chi connectivity index (χ0n) is 6.51. The number of aliphatic carboxylic acids is 1. The molecule has 0 aliphatic rings. The van der Waals surface area contributed by atoms with Gasteiger partial charge in [0.05, 0.1) is 5.97 Å². The molecule has 4 heteroatoms. The Morgan fingerprint density at radius 3 is 2.46 bits per heavy atom. The van der Waals surface area contributed by atoms with E-state index in [1.54, 1.807) is 0 Å². The van der Waals surface area contributed by atoms with Crippen LogP contribution in [0.4, 0.5) is 8.78 Å². The quantitative estimate of drug-likeness (QED) is 0.634. The maximum absolute atomic E-state index is 12.9. The van der Waals surface area contributed by atoms with Gasteiger partial charge >= 0.3 is 0 Å². The molecule has 0 atom stereocenters. The number of carbonyl (C=O) groups is 1. The highest BCUT2D eigenvalue weighted by molar-refractivity contribution is 6.13. The SMILES string of the molecule is C=C(C(=O)[O-])c1ccc(F)cc1F. The van der Waals surface area contributed by atoms with E-state index in [1.807, 2.05) is 0 Å². The van der Waals surface area contributed by atoms with Gasteiger partial charge in [0.15, 0.2) is 0 Å². The molecule has 13 heavy (non-hydrogen) atoms. The molecule has 1 aromatic carbocycles. The molecule has 2 nitrogen and oxygen atoms in total. The van der Waals surface area contributed by atoms with Crippen LogP contribution in [0.5, 0.6) is 0 Å². The highest BCUT2D eigenvalue weighted by atomic mass is 19.1. The number of rotatable bonds is 2. The lowest BCUT2D eigenvalue weighted by atomic mass is 10.1. The summed E-state index contributed by atoms with van der Waals surface area (Å²) in [6.45, 7) is 3.09. The first-order valence-corrected chi connectivity index (χ1v) is 3.38. The van der Waals surface area contributed by atoms with Gasteiger partial charge in [-0.3, -0.25) is 0 Å². The molecule has 0 saturated carbocycles. The van der Waals surface area contributed by atoms with Crippen molar-refractivity contribution in [2.75, 3.05) is 0 Å². The first-order valence-electron chi connectivity index (χ1n) is 3.38. The van der Waals surface area contributed by atoms with Gasteiger partial charge in [-0.25, -0.2) is 8.78 Å². The fraction of sp³-hybridized carbons (Fsp3) is 0. The lowest BCUT2D eigenvalue weighted by molar-refractivity contribution is -0.295. The summed E-state index contributed by atoms with van der Waals surface area (Å²) in [7, 11) is 0. The molecule has 0 aromatic heterocycles. The van der Waals surface area contributed by atoms with Crippen LogP contribution in [0.3, 0.4) is 0 Å². The number of carboxylic acid groups (broad SMARTS) is 1. The Kier molecular flexibility index (Phi) is 2.41. The number of carbonyl (C=O) groups excluding carboxylic acids is 1. The van der Waals surface area contributed by atoms with Gasteiger partial charge in [-0.2, -0.15) is 0 Å². The van der Waals surface area contributed by atoms with E-state index in [1.165, 1.54) is 0 Å². The van der Waals surface area contributed by atoms with Crippen LogP contribution < -0.4 is 5.11 Å². The van der Waals surface area contributed by atoms with Gasteiger partial charge in [0.25, 0.3) is 0 Å². The second-order valence-corrected chi connectivity index (χ2v) is 2.39. The molecular formula is C9H5F2O2-. The average molecular weight is 183 g/mol. The Morgan fingerprint density at radius 2 is 2.00 bits per heavy atom. The van der Waals surface area contributed by atoms with Crippen LogP contribution in [0.1, 0.15) is 5.56 Å². The van der Waals surface area contributed by atoms with E-state index in [-0.39, 0.29) is 5.56 Å². The van der Waals surface area contributed by atoms with Crippen molar-refractivity contribution in [3.63, 3.8) is 0 Å². The van der Waals surface area contributed by atoms with Crippen LogP contribution in [0.25, 0.3) is 5.57 Å². The van der Waals surface area contributed by atoms with Crippen LogP contribution in [-0.4, -0.2) is 5.97 Å². The van der Waals surface area contributed by atoms with Crippen molar-refractivity contribution >= 4 is 11.5 Å². The highest BCUT2D eigenvalue weighted by Crippen LogP contribution is 2.16. The van der Waals surface area contributed by atoms with Crippen molar-refractivity contribution in [1.82, 2.24) is 0 Å². The molecule has 0 N–H and O–H groups in total. The number of carboxylic acids is 1. The van der Waals surface area contributed by atoms with Gasteiger partial charge < -0.3 is 9.90 Å². The first-order chi connectivity index (χ1) is 6.02. The number of hydrogen-bond acceptors (Lipinski definition) is 2. The van der Waals surface area contributed by atoms with Crippen LogP contribution in [0.15, 0.2) is 24.8 Å². The molecule has 0 amide bonds. The molecule has 1 rings (SSSR count). The summed E-state index contributed by atoms with van der Waals surface area (Å²) in [4.78, 5) is 10.3. The van der Waals surface area contributed by atoms with Crippen molar-refractivity contribution in [2.24, 2.45) is 0 Å². The van der Waals surface area contributed by atoms with Crippen molar-refractivity contribution in [2.45, 2.75) is 0 Å². The topological polar surface area (TPSA) is 40.1 Å². The summed E-state index contributed by atoms with van der Waals surface area (Å²) in [6, 6.07) is 2.54. The van der Waals surface area contributed by atoms with E-state index in [2.05, 4.69) is 6.58 Å². The van der Waals surface area contributed by atoms with Crippen LogP contribution in [0.2, 0.25) is 0 Å². The fourth-order valence-electron chi connectivity index (χ4n) is 0.844. The second-order valence-electron chi connectivity index (χ2n) is 2.39. The molecule has 0 bridgehead atoms. The number of halogens is 2. The van der Waals surface area contributed by atoms with E-state index < -0.39 is 23.2 Å². The van der Waals surface area contributed by atoms with Gasteiger partial charge in [0.2, 0.25) is 0 Å². The first kappa shape index (κ1) is 9.38. The van der Waals surface area contributed by atoms with Gasteiger partial charge in [-0.05, 0) is 12.1 Å². The molecule has 0 fully saturated rings. The minimum atomic E-state index is -1.58. The number of benzene rings is 1. The lowest BCUT2D eigenvalue weighted by Crippen LogP contribution is -2.23. The Bertz CT molecular complexity index is 372. The molecule has 0 aliphatic heterocycles. The molecule has 0 saturated heterocycles. The Hall–Kier alpha value is -1.71. The molecular weight excluding hydrogens is 178 g/mol.